The second-order valence-electron chi connectivity index (χ2n) is 13.1. The highest BCUT2D eigenvalue weighted by atomic mass is 31.2. The Labute approximate surface area is 307 Å². The van der Waals surface area contributed by atoms with Crippen LogP contribution in [-0.4, -0.2) is 63.5 Å². The van der Waals surface area contributed by atoms with E-state index in [9.17, 15) is 24.4 Å². The number of hydrogen-bond donors (Lipinski definition) is 4. The molecule has 4 N–H and O–H groups in total. The summed E-state index contributed by atoms with van der Waals surface area (Å²) in [5.41, 5.74) is 0. The summed E-state index contributed by atoms with van der Waals surface area (Å²) >= 11 is 0. The molecular formula is C40H67O10P. The Morgan fingerprint density at radius 3 is 1.78 bits per heavy atom. The second kappa shape index (κ2) is 33.3. The Bertz CT molecular complexity index is 1100. The van der Waals surface area contributed by atoms with Crippen molar-refractivity contribution in [1.29, 1.82) is 0 Å². The number of aliphatic hydroxyl groups is 2. The summed E-state index contributed by atoms with van der Waals surface area (Å²) in [6.45, 7) is 5.61. The minimum Gasteiger partial charge on any atom is -0.462 e. The molecule has 0 aliphatic rings. The third kappa shape index (κ3) is 37.0. The van der Waals surface area contributed by atoms with Gasteiger partial charge in [0.2, 0.25) is 0 Å². The minimum atomic E-state index is -4.80. The van der Waals surface area contributed by atoms with E-state index in [1.54, 1.807) is 36.5 Å². The van der Waals surface area contributed by atoms with Crippen LogP contribution in [0.5, 0.6) is 0 Å². The first-order valence-corrected chi connectivity index (χ1v) is 20.3. The van der Waals surface area contributed by atoms with Gasteiger partial charge in [-0.2, -0.15) is 0 Å². The average Bonchev–Trinajstić information content (AvgIpc) is 3.07. The molecule has 0 fully saturated rings. The lowest BCUT2D eigenvalue weighted by molar-refractivity contribution is -0.161. The van der Waals surface area contributed by atoms with E-state index < -0.39 is 44.7 Å². The van der Waals surface area contributed by atoms with E-state index in [0.29, 0.717) is 32.1 Å². The van der Waals surface area contributed by atoms with Crippen molar-refractivity contribution in [2.24, 2.45) is 5.92 Å². The van der Waals surface area contributed by atoms with E-state index in [1.807, 2.05) is 43.4 Å². The number of phosphoric acid groups is 1. The summed E-state index contributed by atoms with van der Waals surface area (Å²) in [5, 5.41) is 19.9. The fourth-order valence-electron chi connectivity index (χ4n) is 4.76. The number of ether oxygens (including phenoxy) is 2. The molecule has 0 bridgehead atoms. The SMILES string of the molecule is CC/C=C\C[C@H](O)/C=C/C=C\C=C\[C@H](O)C/C=C\C/C=C\CCC(=O)O[C@H](COC(=O)CCCCCCCCCCCC(C)C)COP(=O)(O)O. The number of rotatable bonds is 32. The van der Waals surface area contributed by atoms with Gasteiger partial charge >= 0.3 is 19.8 Å². The van der Waals surface area contributed by atoms with Crippen LogP contribution in [0.25, 0.3) is 0 Å². The fraction of sp³-hybridized carbons (Fsp3) is 0.650. The second-order valence-corrected chi connectivity index (χ2v) is 14.3. The van der Waals surface area contributed by atoms with Crippen molar-refractivity contribution < 1.29 is 48.2 Å². The molecule has 11 heteroatoms. The van der Waals surface area contributed by atoms with Crippen molar-refractivity contribution in [2.45, 2.75) is 148 Å². The van der Waals surface area contributed by atoms with Crippen LogP contribution in [0.4, 0.5) is 0 Å². The topological polar surface area (TPSA) is 160 Å². The maximum Gasteiger partial charge on any atom is 0.469 e. The largest absolute Gasteiger partial charge is 0.469 e. The molecule has 0 unspecified atom stereocenters. The average molecular weight is 739 g/mol. The highest BCUT2D eigenvalue weighted by Gasteiger charge is 2.22. The summed E-state index contributed by atoms with van der Waals surface area (Å²) in [6, 6.07) is 0. The predicted molar refractivity (Wildman–Crippen MR) is 205 cm³/mol. The molecule has 292 valence electrons. The van der Waals surface area contributed by atoms with Crippen molar-refractivity contribution in [3.8, 4) is 0 Å². The van der Waals surface area contributed by atoms with E-state index in [-0.39, 0.29) is 19.4 Å². The molecule has 0 amide bonds. The van der Waals surface area contributed by atoms with Crippen molar-refractivity contribution in [2.75, 3.05) is 13.2 Å². The van der Waals surface area contributed by atoms with Gasteiger partial charge in [0.05, 0.1) is 18.8 Å². The molecule has 10 nitrogen and oxygen atoms in total. The fourth-order valence-corrected chi connectivity index (χ4v) is 5.12. The van der Waals surface area contributed by atoms with Gasteiger partial charge in [-0.25, -0.2) is 4.57 Å². The molecule has 0 heterocycles. The highest BCUT2D eigenvalue weighted by molar-refractivity contribution is 7.46. The number of carbonyl (C=O) groups excluding carboxylic acids is 2. The Morgan fingerprint density at radius 2 is 1.22 bits per heavy atom. The van der Waals surface area contributed by atoms with Gasteiger partial charge < -0.3 is 29.5 Å². The number of phosphoric ester groups is 1. The first-order chi connectivity index (χ1) is 24.4. The van der Waals surface area contributed by atoms with E-state index in [1.165, 1.54) is 38.5 Å². The molecule has 0 spiro atoms. The van der Waals surface area contributed by atoms with Crippen LogP contribution < -0.4 is 0 Å². The van der Waals surface area contributed by atoms with Gasteiger partial charge in [-0.15, -0.1) is 0 Å². The van der Waals surface area contributed by atoms with Crippen LogP contribution in [0.3, 0.4) is 0 Å². The summed E-state index contributed by atoms with van der Waals surface area (Å²) in [5.74, 6) is -0.287. The summed E-state index contributed by atoms with van der Waals surface area (Å²) in [7, 11) is -4.80. The molecule has 0 aliphatic carbocycles. The van der Waals surface area contributed by atoms with Crippen molar-refractivity contribution in [3.05, 3.63) is 72.9 Å². The summed E-state index contributed by atoms with van der Waals surface area (Å²) < 4.78 is 26.2. The number of aliphatic hydroxyl groups excluding tert-OH is 2. The normalized spacial score (nSPS) is 14.7. The molecule has 3 atom stereocenters. The smallest absolute Gasteiger partial charge is 0.462 e. The molecular weight excluding hydrogens is 671 g/mol. The maximum atomic E-state index is 12.3. The van der Waals surface area contributed by atoms with Crippen LogP contribution in [0, 0.1) is 5.92 Å². The Hall–Kier alpha value is -2.59. The molecule has 0 rings (SSSR count). The van der Waals surface area contributed by atoms with E-state index in [0.717, 1.165) is 31.6 Å². The molecule has 0 aromatic carbocycles. The predicted octanol–water partition coefficient (Wildman–Crippen LogP) is 8.92. The number of hydrogen-bond acceptors (Lipinski definition) is 8. The molecule has 0 saturated heterocycles. The van der Waals surface area contributed by atoms with E-state index >= 15 is 0 Å². The zero-order valence-electron chi connectivity index (χ0n) is 31.4. The molecule has 0 aliphatic heterocycles. The first kappa shape index (κ1) is 48.4. The van der Waals surface area contributed by atoms with Gasteiger partial charge in [-0.1, -0.05) is 151 Å². The summed E-state index contributed by atoms with van der Waals surface area (Å²) in [4.78, 5) is 42.6. The third-order valence-corrected chi connectivity index (χ3v) is 8.08. The molecule has 0 aromatic rings. The van der Waals surface area contributed by atoms with Gasteiger partial charge in [0, 0.05) is 12.8 Å². The lowest BCUT2D eigenvalue weighted by Crippen LogP contribution is -2.29. The standard InChI is InChI=1S/C40H67O10P/c1-4-5-19-27-36(41)29-22-17-18-23-30-37(42)28-21-14-11-12-16-25-32-40(44)50-38(34-49-51(45,46)47)33-48-39(43)31-24-15-10-8-6-7-9-13-20-26-35(2)3/h5,12,14,16-19,21-23,29-30,35-38,41-42H,4,6-11,13,15,20,24-28,31-34H2,1-3H3,(H2,45,46,47)/b16-12-,18-17-,19-5-,21-14-,29-22+,30-23+/t36-,37+,38+/m0/s1. The van der Waals surface area contributed by atoms with Gasteiger partial charge in [0.15, 0.2) is 6.10 Å². The van der Waals surface area contributed by atoms with Crippen LogP contribution in [-0.2, 0) is 28.2 Å². The number of esters is 2. The van der Waals surface area contributed by atoms with Crippen LogP contribution in [0.1, 0.15) is 130 Å². The summed E-state index contributed by atoms with van der Waals surface area (Å²) in [6.07, 6.45) is 34.3. The Balaban J connectivity index is 4.27. The lowest BCUT2D eigenvalue weighted by atomic mass is 10.0. The van der Waals surface area contributed by atoms with Gasteiger partial charge in [-0.05, 0) is 44.4 Å². The van der Waals surface area contributed by atoms with Gasteiger partial charge in [-0.3, -0.25) is 14.1 Å². The Kier molecular flexibility index (Phi) is 31.6. The number of allylic oxidation sites excluding steroid dienone is 8. The minimum absolute atomic E-state index is 0.0274. The van der Waals surface area contributed by atoms with Crippen LogP contribution >= 0.6 is 7.82 Å². The molecule has 0 aromatic heterocycles. The molecule has 0 saturated carbocycles. The first-order valence-electron chi connectivity index (χ1n) is 18.8. The maximum absolute atomic E-state index is 12.3. The van der Waals surface area contributed by atoms with Crippen molar-refractivity contribution in [1.82, 2.24) is 0 Å². The zero-order valence-corrected chi connectivity index (χ0v) is 32.3. The third-order valence-electron chi connectivity index (χ3n) is 7.60. The van der Waals surface area contributed by atoms with Crippen LogP contribution in [0.2, 0.25) is 0 Å². The Morgan fingerprint density at radius 1 is 0.667 bits per heavy atom. The lowest BCUT2D eigenvalue weighted by Gasteiger charge is -2.18. The zero-order chi connectivity index (χ0) is 38.0. The number of carbonyl (C=O) groups is 2. The van der Waals surface area contributed by atoms with Gasteiger partial charge in [0.1, 0.15) is 6.61 Å². The number of unbranched alkanes of at least 4 members (excludes halogenated alkanes) is 8. The van der Waals surface area contributed by atoms with E-state index in [2.05, 4.69) is 18.4 Å². The molecule has 51 heavy (non-hydrogen) atoms. The van der Waals surface area contributed by atoms with E-state index in [4.69, 9.17) is 19.3 Å². The van der Waals surface area contributed by atoms with Crippen molar-refractivity contribution in [3.63, 3.8) is 0 Å². The van der Waals surface area contributed by atoms with Crippen molar-refractivity contribution >= 4 is 19.8 Å². The highest BCUT2D eigenvalue weighted by Crippen LogP contribution is 2.36. The quantitative estimate of drug-likeness (QED) is 0.0173. The van der Waals surface area contributed by atoms with Crippen LogP contribution in [0.15, 0.2) is 72.9 Å². The molecule has 0 radical (unpaired) electrons. The van der Waals surface area contributed by atoms with Gasteiger partial charge in [0.25, 0.3) is 0 Å². The monoisotopic (exact) mass is 738 g/mol.